The van der Waals surface area contributed by atoms with Crippen molar-refractivity contribution in [1.29, 1.82) is 0 Å². The zero-order valence-corrected chi connectivity index (χ0v) is 22.0. The van der Waals surface area contributed by atoms with Crippen LogP contribution in [0, 0.1) is 11.7 Å². The van der Waals surface area contributed by atoms with E-state index in [1.807, 2.05) is 0 Å². The molecule has 2 saturated heterocycles. The van der Waals surface area contributed by atoms with E-state index < -0.39 is 12.0 Å². The second-order valence-electron chi connectivity index (χ2n) is 11.8. The number of nitrogens with one attached hydrogen (secondary N) is 1. The number of para-hydroxylation sites is 1. The number of nitrogens with zero attached hydrogens (tertiary/aromatic N) is 4. The number of hydrogen-bond donors (Lipinski definition) is 1. The van der Waals surface area contributed by atoms with E-state index in [4.69, 9.17) is 9.26 Å². The molecule has 4 aliphatic rings. The molecule has 2 aromatic rings. The summed E-state index contributed by atoms with van der Waals surface area (Å²) in [6.07, 6.45) is 5.94. The van der Waals surface area contributed by atoms with Crippen LogP contribution in [0.2, 0.25) is 0 Å². The standard InChI is InChI=1S/C28H37F2N5O3/c1-28(26-32-25(38-33-26)20-4-2-5-21(20)29)11-14-35(15-12-28)27(36)31-24-22(30)6-3-7-23(24)37-19-10-13-34(17-19)16-18-8-9-18/h3,6-7,18-21H,2,4-5,8-17H2,1H3,(H,31,36)/t19-,20+,21+/m1/s1. The van der Waals surface area contributed by atoms with Gasteiger partial charge >= 0.3 is 6.03 Å². The number of benzene rings is 1. The molecule has 2 amide bonds. The molecule has 1 aromatic carbocycles. The van der Waals surface area contributed by atoms with Gasteiger partial charge in [-0.15, -0.1) is 0 Å². The minimum Gasteiger partial charge on any atom is -0.487 e. The van der Waals surface area contributed by atoms with Crippen molar-refractivity contribution in [2.45, 2.75) is 81.9 Å². The lowest BCUT2D eigenvalue weighted by Crippen LogP contribution is -2.46. The molecule has 0 spiro atoms. The summed E-state index contributed by atoms with van der Waals surface area (Å²) in [5.41, 5.74) is -0.282. The van der Waals surface area contributed by atoms with E-state index in [1.54, 1.807) is 17.0 Å². The number of rotatable bonds is 7. The number of piperidine rings is 1. The van der Waals surface area contributed by atoms with Crippen molar-refractivity contribution in [2.75, 3.05) is 38.0 Å². The van der Waals surface area contributed by atoms with E-state index in [2.05, 4.69) is 27.3 Å². The molecule has 0 unspecified atom stereocenters. The number of likely N-dealkylation sites (tertiary alicyclic amines) is 2. The maximum Gasteiger partial charge on any atom is 0.322 e. The monoisotopic (exact) mass is 529 g/mol. The summed E-state index contributed by atoms with van der Waals surface area (Å²) in [5.74, 6) is 1.33. The normalized spacial score (nSPS) is 27.6. The van der Waals surface area contributed by atoms with Gasteiger partial charge in [0, 0.05) is 38.1 Å². The van der Waals surface area contributed by atoms with Gasteiger partial charge in [-0.3, -0.25) is 4.90 Å². The average Bonchev–Trinajstić information content (AvgIpc) is 3.23. The summed E-state index contributed by atoms with van der Waals surface area (Å²) in [6.45, 7) is 5.91. The first-order valence-corrected chi connectivity index (χ1v) is 14.1. The molecule has 3 atom stereocenters. The molecule has 0 radical (unpaired) electrons. The van der Waals surface area contributed by atoms with Crippen molar-refractivity contribution in [3.63, 3.8) is 0 Å². The van der Waals surface area contributed by atoms with E-state index >= 15 is 0 Å². The van der Waals surface area contributed by atoms with Crippen LogP contribution in [-0.4, -0.2) is 71.0 Å². The summed E-state index contributed by atoms with van der Waals surface area (Å²) < 4.78 is 40.6. The fraction of sp³-hybridized carbons (Fsp3) is 0.679. The van der Waals surface area contributed by atoms with Gasteiger partial charge in [-0.05, 0) is 69.4 Å². The number of carbonyl (C=O) groups excluding carboxylic acids is 1. The second kappa shape index (κ2) is 10.4. The third-order valence-corrected chi connectivity index (χ3v) is 8.83. The van der Waals surface area contributed by atoms with Crippen LogP contribution < -0.4 is 10.1 Å². The third kappa shape index (κ3) is 5.37. The smallest absolute Gasteiger partial charge is 0.322 e. The summed E-state index contributed by atoms with van der Waals surface area (Å²) >= 11 is 0. The largest absolute Gasteiger partial charge is 0.487 e. The van der Waals surface area contributed by atoms with Gasteiger partial charge in [-0.25, -0.2) is 13.6 Å². The van der Waals surface area contributed by atoms with Gasteiger partial charge in [-0.1, -0.05) is 18.1 Å². The first-order valence-electron chi connectivity index (χ1n) is 14.1. The predicted octanol–water partition coefficient (Wildman–Crippen LogP) is 5.26. The van der Waals surface area contributed by atoms with Crippen molar-refractivity contribution in [2.24, 2.45) is 5.92 Å². The molecule has 2 aliphatic carbocycles. The Bertz CT molecular complexity index is 1150. The van der Waals surface area contributed by atoms with Crippen molar-refractivity contribution in [3.05, 3.63) is 35.7 Å². The number of carbonyl (C=O) groups is 1. The summed E-state index contributed by atoms with van der Waals surface area (Å²) in [5, 5.41) is 6.95. The number of anilines is 1. The molecule has 0 bridgehead atoms. The fourth-order valence-corrected chi connectivity index (χ4v) is 6.07. The zero-order chi connectivity index (χ0) is 26.3. The van der Waals surface area contributed by atoms with E-state index in [9.17, 15) is 13.6 Å². The number of aromatic nitrogens is 2. The van der Waals surface area contributed by atoms with Crippen LogP contribution in [0.3, 0.4) is 0 Å². The van der Waals surface area contributed by atoms with Crippen LogP contribution in [0.5, 0.6) is 5.75 Å². The summed E-state index contributed by atoms with van der Waals surface area (Å²) in [7, 11) is 0. The van der Waals surface area contributed by atoms with Crippen molar-refractivity contribution < 1.29 is 22.8 Å². The summed E-state index contributed by atoms with van der Waals surface area (Å²) in [6, 6.07) is 4.31. The van der Waals surface area contributed by atoms with Crippen LogP contribution in [0.1, 0.15) is 75.9 Å². The van der Waals surface area contributed by atoms with Gasteiger partial charge in [0.15, 0.2) is 11.6 Å². The number of amides is 2. The van der Waals surface area contributed by atoms with Crippen LogP contribution >= 0.6 is 0 Å². The highest BCUT2D eigenvalue weighted by molar-refractivity contribution is 5.91. The maximum absolute atomic E-state index is 14.8. The molecule has 1 N–H and O–H groups in total. The Morgan fingerprint density at radius 1 is 1.18 bits per heavy atom. The molecule has 38 heavy (non-hydrogen) atoms. The molecule has 6 rings (SSSR count). The predicted molar refractivity (Wildman–Crippen MR) is 138 cm³/mol. The van der Waals surface area contributed by atoms with Crippen molar-refractivity contribution in [1.82, 2.24) is 19.9 Å². The first-order chi connectivity index (χ1) is 18.4. The molecule has 2 saturated carbocycles. The van der Waals surface area contributed by atoms with E-state index in [0.717, 1.165) is 44.8 Å². The van der Waals surface area contributed by atoms with Gasteiger partial charge in [0.1, 0.15) is 23.7 Å². The van der Waals surface area contributed by atoms with Crippen LogP contribution in [0.15, 0.2) is 22.7 Å². The topological polar surface area (TPSA) is 83.7 Å². The fourth-order valence-electron chi connectivity index (χ4n) is 6.07. The zero-order valence-electron chi connectivity index (χ0n) is 22.0. The third-order valence-electron chi connectivity index (χ3n) is 8.83. The molecule has 2 aliphatic heterocycles. The SMILES string of the molecule is CC1(c2noc([C@H]3CCC[C@@H]3F)n2)CCN(C(=O)Nc2c(F)cccc2O[C@@H]2CCN(CC3CC3)C2)CC1. The van der Waals surface area contributed by atoms with Gasteiger partial charge in [0.2, 0.25) is 5.89 Å². The van der Waals surface area contributed by atoms with Crippen LogP contribution in [0.25, 0.3) is 0 Å². The first kappa shape index (κ1) is 25.5. The highest BCUT2D eigenvalue weighted by atomic mass is 19.1. The number of urea groups is 1. The minimum absolute atomic E-state index is 0.0151. The van der Waals surface area contributed by atoms with Crippen LogP contribution in [0.4, 0.5) is 19.3 Å². The van der Waals surface area contributed by atoms with Crippen molar-refractivity contribution >= 4 is 11.7 Å². The Hall–Kier alpha value is -2.75. The quantitative estimate of drug-likeness (QED) is 0.527. The molecule has 4 fully saturated rings. The average molecular weight is 530 g/mol. The highest BCUT2D eigenvalue weighted by Gasteiger charge is 2.40. The lowest BCUT2D eigenvalue weighted by atomic mass is 9.79. The molecule has 1 aromatic heterocycles. The van der Waals surface area contributed by atoms with Gasteiger partial charge in [-0.2, -0.15) is 4.98 Å². The second-order valence-corrected chi connectivity index (χ2v) is 11.8. The number of alkyl halides is 1. The Morgan fingerprint density at radius 3 is 2.74 bits per heavy atom. The minimum atomic E-state index is -0.927. The lowest BCUT2D eigenvalue weighted by Gasteiger charge is -2.37. The molecule has 10 heteroatoms. The summed E-state index contributed by atoms with van der Waals surface area (Å²) in [4.78, 5) is 21.8. The Kier molecular flexibility index (Phi) is 7.01. The molecule has 206 valence electrons. The number of hydrogen-bond acceptors (Lipinski definition) is 6. The van der Waals surface area contributed by atoms with Crippen LogP contribution in [-0.2, 0) is 5.41 Å². The molecule has 3 heterocycles. The molecular formula is C28H37F2N5O3. The van der Waals surface area contributed by atoms with Gasteiger partial charge < -0.3 is 19.5 Å². The number of halogens is 2. The maximum atomic E-state index is 14.8. The number of ether oxygens (including phenoxy) is 1. The Balaban J connectivity index is 1.06. The Morgan fingerprint density at radius 2 is 2.00 bits per heavy atom. The van der Waals surface area contributed by atoms with Crippen molar-refractivity contribution in [3.8, 4) is 5.75 Å². The van der Waals surface area contributed by atoms with E-state index in [-0.39, 0.29) is 29.2 Å². The highest BCUT2D eigenvalue weighted by Crippen LogP contribution is 2.39. The lowest BCUT2D eigenvalue weighted by molar-refractivity contribution is 0.168. The van der Waals surface area contributed by atoms with Gasteiger partial charge in [0.05, 0.1) is 5.92 Å². The van der Waals surface area contributed by atoms with Gasteiger partial charge in [0.25, 0.3) is 0 Å². The van der Waals surface area contributed by atoms with E-state index in [1.165, 1.54) is 18.9 Å². The Labute approximate surface area is 222 Å². The molecule has 8 nitrogen and oxygen atoms in total. The molecular weight excluding hydrogens is 492 g/mol. The van der Waals surface area contributed by atoms with E-state index in [0.29, 0.717) is 49.8 Å².